The van der Waals surface area contributed by atoms with E-state index < -0.39 is 11.3 Å². The Morgan fingerprint density at radius 1 is 1.07 bits per heavy atom. The average Bonchev–Trinajstić information content (AvgIpc) is 2.74. The zero-order chi connectivity index (χ0) is 19.3. The Morgan fingerprint density at radius 3 is 2.22 bits per heavy atom. The molecule has 3 rings (SSSR count). The van der Waals surface area contributed by atoms with Crippen LogP contribution in [0.25, 0.3) is 5.57 Å². The smallest absolute Gasteiger partial charge is 0.309 e. The van der Waals surface area contributed by atoms with Crippen molar-refractivity contribution < 1.29 is 9.53 Å². The predicted octanol–water partition coefficient (Wildman–Crippen LogP) is 4.47. The lowest BCUT2D eigenvalue weighted by Gasteiger charge is -2.36. The molecule has 2 aromatic rings. The van der Waals surface area contributed by atoms with Gasteiger partial charge in [0, 0.05) is 5.92 Å². The van der Waals surface area contributed by atoms with Crippen LogP contribution in [0.2, 0.25) is 0 Å². The molecule has 2 aromatic carbocycles. The van der Waals surface area contributed by atoms with Gasteiger partial charge in [-0.15, -0.1) is 0 Å². The molecule has 2 atom stereocenters. The summed E-state index contributed by atoms with van der Waals surface area (Å²) in [5, 5.41) is 19.8. The molecule has 0 N–H and O–H groups in total. The quantitative estimate of drug-likeness (QED) is 0.758. The summed E-state index contributed by atoms with van der Waals surface area (Å²) in [7, 11) is 0. The summed E-state index contributed by atoms with van der Waals surface area (Å²) in [6.45, 7) is 2.02. The van der Waals surface area contributed by atoms with E-state index in [0.717, 1.165) is 11.1 Å². The molecule has 0 heterocycles. The fourth-order valence-corrected chi connectivity index (χ4v) is 3.68. The van der Waals surface area contributed by atoms with Crippen LogP contribution < -0.4 is 0 Å². The number of benzene rings is 2. The van der Waals surface area contributed by atoms with Crippen LogP contribution in [0.3, 0.4) is 0 Å². The number of hydrogen-bond acceptors (Lipinski definition) is 4. The van der Waals surface area contributed by atoms with Gasteiger partial charge in [0.25, 0.3) is 0 Å². The standard InChI is InChI=1S/C23H20N2O2/c1-2-27-22(26)20-14-23(15-24,16-25)21(18-11-7-4-8-12-18)13-19(20)17-9-5-3-6-10-17/h3-13,19-20H,2,14H2,1H3. The SMILES string of the molecule is CCOC(=O)C1CC(C#N)(C#N)C(c2ccccc2)=CC1c1ccccc1. The van der Waals surface area contributed by atoms with E-state index in [4.69, 9.17) is 4.74 Å². The molecular weight excluding hydrogens is 336 g/mol. The van der Waals surface area contributed by atoms with Crippen LogP contribution in [0.5, 0.6) is 0 Å². The van der Waals surface area contributed by atoms with Gasteiger partial charge in [0.2, 0.25) is 0 Å². The molecule has 4 heteroatoms. The maximum Gasteiger partial charge on any atom is 0.309 e. The van der Waals surface area contributed by atoms with E-state index in [9.17, 15) is 15.3 Å². The van der Waals surface area contributed by atoms with E-state index in [-0.39, 0.29) is 24.9 Å². The highest BCUT2D eigenvalue weighted by Crippen LogP contribution is 2.50. The van der Waals surface area contributed by atoms with Gasteiger partial charge in [-0.3, -0.25) is 4.79 Å². The number of nitrogens with zero attached hydrogens (tertiary/aromatic N) is 2. The van der Waals surface area contributed by atoms with Crippen LogP contribution in [0.4, 0.5) is 0 Å². The third kappa shape index (κ3) is 3.48. The van der Waals surface area contributed by atoms with Crippen molar-refractivity contribution in [3.63, 3.8) is 0 Å². The third-order valence-electron chi connectivity index (χ3n) is 5.01. The largest absolute Gasteiger partial charge is 0.466 e. The van der Waals surface area contributed by atoms with Crippen LogP contribution in [0.15, 0.2) is 66.7 Å². The summed E-state index contributed by atoms with van der Waals surface area (Å²) in [5.74, 6) is -1.21. The molecule has 0 amide bonds. The van der Waals surface area contributed by atoms with Crippen molar-refractivity contribution in [2.45, 2.75) is 19.3 Å². The maximum absolute atomic E-state index is 12.7. The molecule has 0 aliphatic heterocycles. The van der Waals surface area contributed by atoms with Crippen molar-refractivity contribution >= 4 is 11.5 Å². The number of nitriles is 2. The first-order valence-corrected chi connectivity index (χ1v) is 8.97. The lowest BCUT2D eigenvalue weighted by molar-refractivity contribution is -0.149. The van der Waals surface area contributed by atoms with Crippen LogP contribution in [0.1, 0.15) is 30.4 Å². The Kier molecular flexibility index (Phi) is 5.38. The molecule has 0 spiro atoms. The molecule has 0 saturated heterocycles. The number of ether oxygens (including phenoxy) is 1. The topological polar surface area (TPSA) is 73.9 Å². The van der Waals surface area contributed by atoms with Crippen molar-refractivity contribution in [1.29, 1.82) is 10.5 Å². The van der Waals surface area contributed by atoms with E-state index in [1.54, 1.807) is 6.92 Å². The zero-order valence-corrected chi connectivity index (χ0v) is 15.1. The molecule has 0 radical (unpaired) electrons. The molecule has 27 heavy (non-hydrogen) atoms. The summed E-state index contributed by atoms with van der Waals surface area (Å²) in [6, 6.07) is 23.5. The van der Waals surface area contributed by atoms with Gasteiger partial charge in [-0.25, -0.2) is 0 Å². The summed E-state index contributed by atoms with van der Waals surface area (Å²) >= 11 is 0. The monoisotopic (exact) mass is 356 g/mol. The minimum Gasteiger partial charge on any atom is -0.466 e. The summed E-state index contributed by atoms with van der Waals surface area (Å²) in [4.78, 5) is 12.7. The van der Waals surface area contributed by atoms with E-state index in [2.05, 4.69) is 12.1 Å². The van der Waals surface area contributed by atoms with Gasteiger partial charge in [-0.2, -0.15) is 10.5 Å². The predicted molar refractivity (Wildman–Crippen MR) is 102 cm³/mol. The first-order valence-electron chi connectivity index (χ1n) is 8.97. The van der Waals surface area contributed by atoms with Gasteiger partial charge in [0.05, 0.1) is 24.7 Å². The van der Waals surface area contributed by atoms with Gasteiger partial charge < -0.3 is 4.74 Å². The lowest BCUT2D eigenvalue weighted by Crippen LogP contribution is -2.35. The van der Waals surface area contributed by atoms with Crippen molar-refractivity contribution in [3.05, 3.63) is 77.9 Å². The molecule has 0 bridgehead atoms. The molecule has 0 fully saturated rings. The van der Waals surface area contributed by atoms with E-state index in [1.165, 1.54) is 0 Å². The third-order valence-corrected chi connectivity index (χ3v) is 5.01. The van der Waals surface area contributed by atoms with Gasteiger partial charge in [-0.05, 0) is 30.0 Å². The van der Waals surface area contributed by atoms with E-state index in [1.807, 2.05) is 66.7 Å². The second kappa shape index (κ2) is 7.89. The Balaban J connectivity index is 2.19. The second-order valence-electron chi connectivity index (χ2n) is 6.57. The zero-order valence-electron chi connectivity index (χ0n) is 15.1. The summed E-state index contributed by atoms with van der Waals surface area (Å²) in [6.07, 6.45) is 2.02. The number of carbonyl (C=O) groups is 1. The van der Waals surface area contributed by atoms with Crippen molar-refractivity contribution in [3.8, 4) is 12.1 Å². The fourth-order valence-electron chi connectivity index (χ4n) is 3.68. The van der Waals surface area contributed by atoms with Crippen LogP contribution in [-0.2, 0) is 9.53 Å². The number of rotatable bonds is 4. The number of carbonyl (C=O) groups excluding carboxylic acids is 1. The molecule has 1 aliphatic rings. The Bertz CT molecular complexity index is 906. The molecule has 2 unspecified atom stereocenters. The van der Waals surface area contributed by atoms with E-state index >= 15 is 0 Å². The van der Waals surface area contributed by atoms with Gasteiger partial charge in [0.1, 0.15) is 0 Å². The lowest BCUT2D eigenvalue weighted by atomic mass is 9.63. The molecule has 134 valence electrons. The Labute approximate surface area is 159 Å². The highest BCUT2D eigenvalue weighted by atomic mass is 16.5. The molecule has 4 nitrogen and oxygen atoms in total. The van der Waals surface area contributed by atoms with Crippen LogP contribution in [0, 0.1) is 34.0 Å². The minimum absolute atomic E-state index is 0.110. The highest BCUT2D eigenvalue weighted by molar-refractivity contribution is 5.83. The molecule has 0 saturated carbocycles. The summed E-state index contributed by atoms with van der Waals surface area (Å²) < 4.78 is 5.27. The number of allylic oxidation sites excluding steroid dienone is 2. The van der Waals surface area contributed by atoms with Gasteiger partial charge in [-0.1, -0.05) is 66.7 Å². The average molecular weight is 356 g/mol. The Hall–Kier alpha value is -3.37. The first kappa shape index (κ1) is 18.4. The van der Waals surface area contributed by atoms with Gasteiger partial charge >= 0.3 is 5.97 Å². The van der Waals surface area contributed by atoms with Crippen LogP contribution in [-0.4, -0.2) is 12.6 Å². The summed E-state index contributed by atoms with van der Waals surface area (Å²) in [5.41, 5.74) is 1.06. The van der Waals surface area contributed by atoms with Crippen molar-refractivity contribution in [1.82, 2.24) is 0 Å². The fraction of sp³-hybridized carbons (Fsp3) is 0.261. The number of hydrogen-bond donors (Lipinski definition) is 0. The molecule has 1 aliphatic carbocycles. The second-order valence-corrected chi connectivity index (χ2v) is 6.57. The highest BCUT2D eigenvalue weighted by Gasteiger charge is 2.47. The maximum atomic E-state index is 12.7. The molecular formula is C23H20N2O2. The number of esters is 1. The molecule has 0 aromatic heterocycles. The van der Waals surface area contributed by atoms with Crippen molar-refractivity contribution in [2.75, 3.05) is 6.61 Å². The van der Waals surface area contributed by atoms with Crippen LogP contribution >= 0.6 is 0 Å². The minimum atomic E-state index is -1.38. The van der Waals surface area contributed by atoms with Gasteiger partial charge in [0.15, 0.2) is 5.41 Å². The Morgan fingerprint density at radius 2 is 1.67 bits per heavy atom. The first-order chi connectivity index (χ1) is 13.1. The van der Waals surface area contributed by atoms with Crippen molar-refractivity contribution in [2.24, 2.45) is 11.3 Å². The van der Waals surface area contributed by atoms with E-state index in [0.29, 0.717) is 5.57 Å². The normalized spacial score (nSPS) is 20.6.